The lowest BCUT2D eigenvalue weighted by Gasteiger charge is -2.46. The van der Waals surface area contributed by atoms with Crippen LogP contribution in [0.1, 0.15) is 43.9 Å². The summed E-state index contributed by atoms with van der Waals surface area (Å²) >= 11 is 0. The highest BCUT2D eigenvalue weighted by Gasteiger charge is 2.36. The third-order valence-corrected chi connectivity index (χ3v) is 8.19. The van der Waals surface area contributed by atoms with E-state index in [1.807, 2.05) is 30.0 Å². The molecule has 0 amide bonds. The van der Waals surface area contributed by atoms with Gasteiger partial charge in [0.15, 0.2) is 0 Å². The summed E-state index contributed by atoms with van der Waals surface area (Å²) in [4.78, 5) is 7.34. The van der Waals surface area contributed by atoms with E-state index in [1.54, 1.807) is 0 Å². The number of aromatic nitrogens is 1. The predicted molar refractivity (Wildman–Crippen MR) is 140 cm³/mol. The molecule has 3 aliphatic heterocycles. The number of nitrogens with zero attached hydrogens (tertiary/aromatic N) is 2. The van der Waals surface area contributed by atoms with Crippen molar-refractivity contribution in [1.82, 2.24) is 15.2 Å². The minimum Gasteiger partial charge on any atom is -0.371 e. The van der Waals surface area contributed by atoms with Gasteiger partial charge in [-0.1, -0.05) is 18.2 Å². The maximum Gasteiger partial charge on any atom is 0.251 e. The van der Waals surface area contributed by atoms with Gasteiger partial charge < -0.3 is 15.2 Å². The molecule has 8 heteroatoms. The Kier molecular flexibility index (Phi) is 7.77. The van der Waals surface area contributed by atoms with Gasteiger partial charge in [-0.3, -0.25) is 4.90 Å². The van der Waals surface area contributed by atoms with E-state index in [1.165, 1.54) is 42.3 Å². The Balaban J connectivity index is 0.000000152. The average molecular weight is 517 g/mol. The summed E-state index contributed by atoms with van der Waals surface area (Å²) in [5.41, 5.74) is 4.47. The molecule has 37 heavy (non-hydrogen) atoms. The molecule has 3 aliphatic rings. The van der Waals surface area contributed by atoms with Crippen molar-refractivity contribution in [2.75, 3.05) is 37.6 Å². The van der Waals surface area contributed by atoms with E-state index in [0.29, 0.717) is 17.6 Å². The number of hydrogen-bond acceptors (Lipinski definition) is 3. The molecule has 0 saturated carbocycles. The topological polar surface area (TPSA) is 34.3 Å². The molecule has 200 valence electrons. The van der Waals surface area contributed by atoms with Crippen molar-refractivity contribution < 1.29 is 17.6 Å². The first-order valence-corrected chi connectivity index (χ1v) is 13.3. The Morgan fingerprint density at radius 2 is 1.81 bits per heavy atom. The SMILES string of the molecule is CC1Cc2c([nH]c3ccccc23)CN1CC(F)F.Fc1cc(F)cc(N2CCCC3(CCCNC3)C2)c1. The normalized spacial score (nSPS) is 24.3. The molecular weight excluding hydrogens is 480 g/mol. The number of nitrogens with one attached hydrogen (secondary N) is 2. The molecule has 2 aromatic carbocycles. The second-order valence-corrected chi connectivity index (χ2v) is 10.9. The summed E-state index contributed by atoms with van der Waals surface area (Å²) in [7, 11) is 0. The molecule has 2 unspecified atom stereocenters. The standard InChI is InChI=1S/C15H20F2N2.C14H16F2N2/c16-12-7-13(17)9-14(8-12)19-6-2-4-15(11-19)3-1-5-18-10-15;1-9-6-11-10-4-2-3-5-12(10)17-13(11)7-18(9)8-14(15)16/h7-9,18H,1-6,10-11H2;2-5,9,14,17H,6-8H2,1H3. The Morgan fingerprint density at radius 3 is 2.54 bits per heavy atom. The maximum absolute atomic E-state index is 13.3. The van der Waals surface area contributed by atoms with Crippen molar-refractivity contribution in [3.8, 4) is 0 Å². The lowest BCUT2D eigenvalue weighted by atomic mass is 9.74. The van der Waals surface area contributed by atoms with Crippen molar-refractivity contribution >= 4 is 16.6 Å². The van der Waals surface area contributed by atoms with E-state index in [-0.39, 0.29) is 12.6 Å². The fourth-order valence-corrected chi connectivity index (χ4v) is 6.36. The van der Waals surface area contributed by atoms with Crippen molar-refractivity contribution in [1.29, 1.82) is 0 Å². The van der Waals surface area contributed by atoms with Crippen LogP contribution in [0.3, 0.4) is 0 Å². The van der Waals surface area contributed by atoms with E-state index in [2.05, 4.69) is 21.3 Å². The van der Waals surface area contributed by atoms with E-state index in [4.69, 9.17) is 0 Å². The summed E-state index contributed by atoms with van der Waals surface area (Å²) in [6.07, 6.45) is 3.30. The van der Waals surface area contributed by atoms with Crippen molar-refractivity contribution in [3.05, 3.63) is 65.4 Å². The van der Waals surface area contributed by atoms with Gasteiger partial charge in [0.2, 0.25) is 0 Å². The number of hydrogen-bond donors (Lipinski definition) is 2. The smallest absolute Gasteiger partial charge is 0.251 e. The third kappa shape index (κ3) is 5.96. The molecule has 0 aliphatic carbocycles. The van der Waals surface area contributed by atoms with E-state index < -0.39 is 18.1 Å². The molecule has 1 spiro atoms. The quantitative estimate of drug-likeness (QED) is 0.412. The zero-order chi connectivity index (χ0) is 26.0. The minimum absolute atomic E-state index is 0.143. The van der Waals surface area contributed by atoms with Crippen LogP contribution in [0.2, 0.25) is 0 Å². The largest absolute Gasteiger partial charge is 0.371 e. The number of halogens is 4. The van der Waals surface area contributed by atoms with Gasteiger partial charge in [-0.15, -0.1) is 0 Å². The molecule has 1 aromatic heterocycles. The number of piperidine rings is 2. The fourth-order valence-electron chi connectivity index (χ4n) is 6.36. The first kappa shape index (κ1) is 26.0. The number of benzene rings is 2. The van der Waals surface area contributed by atoms with Crippen LogP contribution in [0.4, 0.5) is 23.2 Å². The van der Waals surface area contributed by atoms with Crippen molar-refractivity contribution in [2.45, 2.75) is 58.0 Å². The van der Waals surface area contributed by atoms with Gasteiger partial charge in [-0.05, 0) is 69.3 Å². The van der Waals surface area contributed by atoms with Crippen LogP contribution in [0.5, 0.6) is 0 Å². The number of rotatable bonds is 3. The summed E-state index contributed by atoms with van der Waals surface area (Å²) in [5.74, 6) is -0.979. The molecule has 2 atom stereocenters. The van der Waals surface area contributed by atoms with Crippen molar-refractivity contribution in [3.63, 3.8) is 0 Å². The van der Waals surface area contributed by atoms with Gasteiger partial charge in [-0.2, -0.15) is 0 Å². The van der Waals surface area contributed by atoms with Gasteiger partial charge >= 0.3 is 0 Å². The summed E-state index contributed by atoms with van der Waals surface area (Å²) in [6, 6.07) is 12.1. The summed E-state index contributed by atoms with van der Waals surface area (Å²) in [5, 5.41) is 4.70. The number of fused-ring (bicyclic) bond motifs is 3. The summed E-state index contributed by atoms with van der Waals surface area (Å²) < 4.78 is 51.7. The zero-order valence-electron chi connectivity index (χ0n) is 21.4. The zero-order valence-corrected chi connectivity index (χ0v) is 21.4. The maximum atomic E-state index is 13.3. The Bertz CT molecular complexity index is 1180. The van der Waals surface area contributed by atoms with Crippen LogP contribution in [-0.4, -0.2) is 55.1 Å². The lowest BCUT2D eigenvalue weighted by Crippen LogP contribution is -2.51. The number of para-hydroxylation sites is 1. The van der Waals surface area contributed by atoms with Gasteiger partial charge in [0, 0.05) is 66.0 Å². The van der Waals surface area contributed by atoms with Crippen LogP contribution >= 0.6 is 0 Å². The molecule has 2 saturated heterocycles. The van der Waals surface area contributed by atoms with Gasteiger partial charge in [0.1, 0.15) is 11.6 Å². The third-order valence-electron chi connectivity index (χ3n) is 8.19. The highest BCUT2D eigenvalue weighted by molar-refractivity contribution is 5.84. The summed E-state index contributed by atoms with van der Waals surface area (Å²) in [6.45, 7) is 6.39. The molecule has 3 aromatic rings. The van der Waals surface area contributed by atoms with Crippen LogP contribution < -0.4 is 10.2 Å². The van der Waals surface area contributed by atoms with Gasteiger partial charge in [0.25, 0.3) is 6.43 Å². The minimum atomic E-state index is -2.27. The molecule has 4 nitrogen and oxygen atoms in total. The van der Waals surface area contributed by atoms with Crippen molar-refractivity contribution in [2.24, 2.45) is 5.41 Å². The molecular formula is C29H36F4N4. The number of anilines is 1. The van der Waals surface area contributed by atoms with Gasteiger partial charge in [-0.25, -0.2) is 17.6 Å². The Hall–Kier alpha value is -2.58. The predicted octanol–water partition coefficient (Wildman–Crippen LogP) is 6.11. The Morgan fingerprint density at radius 1 is 1.05 bits per heavy atom. The van der Waals surface area contributed by atoms with Crippen LogP contribution in [0.25, 0.3) is 10.9 Å². The molecule has 2 N–H and O–H groups in total. The first-order valence-electron chi connectivity index (χ1n) is 13.3. The Labute approximate surface area is 216 Å². The monoisotopic (exact) mass is 516 g/mol. The number of aromatic amines is 1. The number of H-pyrrole nitrogens is 1. The van der Waals surface area contributed by atoms with Crippen LogP contribution in [-0.2, 0) is 13.0 Å². The van der Waals surface area contributed by atoms with Crippen LogP contribution in [0, 0.1) is 17.0 Å². The second kappa shape index (κ2) is 11.0. The molecule has 6 rings (SSSR count). The van der Waals surface area contributed by atoms with E-state index in [0.717, 1.165) is 56.3 Å². The number of alkyl halides is 2. The highest BCUT2D eigenvalue weighted by Crippen LogP contribution is 2.38. The molecule has 2 fully saturated rings. The average Bonchev–Trinajstić information content (AvgIpc) is 3.21. The molecule has 4 heterocycles. The first-order chi connectivity index (χ1) is 17.8. The van der Waals surface area contributed by atoms with E-state index in [9.17, 15) is 17.6 Å². The lowest BCUT2D eigenvalue weighted by molar-refractivity contribution is 0.0597. The van der Waals surface area contributed by atoms with Gasteiger partial charge in [0.05, 0.1) is 6.54 Å². The second-order valence-electron chi connectivity index (χ2n) is 10.9. The highest BCUT2D eigenvalue weighted by atomic mass is 19.3. The fraction of sp³-hybridized carbons (Fsp3) is 0.517. The molecule has 0 radical (unpaired) electrons. The van der Waals surface area contributed by atoms with E-state index >= 15 is 0 Å². The van der Waals surface area contributed by atoms with Crippen LogP contribution in [0.15, 0.2) is 42.5 Å². The molecule has 0 bridgehead atoms.